The van der Waals surface area contributed by atoms with Gasteiger partial charge in [-0.05, 0) is 62.5 Å². The van der Waals surface area contributed by atoms with E-state index in [1.165, 1.54) is 6.07 Å². The third-order valence-electron chi connectivity index (χ3n) is 8.85. The van der Waals surface area contributed by atoms with Crippen molar-refractivity contribution in [2.45, 2.75) is 24.8 Å². The number of H-pyrrole nitrogens is 1. The third-order valence-corrected chi connectivity index (χ3v) is 8.85. The minimum Gasteiger partial charge on any atom is -0.507 e. The van der Waals surface area contributed by atoms with Crippen molar-refractivity contribution < 1.29 is 14.7 Å². The highest BCUT2D eigenvalue weighted by Crippen LogP contribution is 2.39. The number of nitrogens with one attached hydrogen (secondary N) is 3. The Morgan fingerprint density at radius 1 is 1.00 bits per heavy atom. The van der Waals surface area contributed by atoms with Crippen molar-refractivity contribution in [1.82, 2.24) is 25.1 Å². The summed E-state index contributed by atoms with van der Waals surface area (Å²) in [4.78, 5) is 38.8. The fourth-order valence-corrected chi connectivity index (χ4v) is 6.25. The van der Waals surface area contributed by atoms with Gasteiger partial charge in [-0.15, -0.1) is 0 Å². The van der Waals surface area contributed by atoms with Crippen LogP contribution in [0.5, 0.6) is 5.75 Å². The summed E-state index contributed by atoms with van der Waals surface area (Å²) in [5.41, 5.74) is 7.24. The molecule has 0 aliphatic carbocycles. The highest BCUT2D eigenvalue weighted by atomic mass is 16.3. The van der Waals surface area contributed by atoms with Gasteiger partial charge in [0.25, 0.3) is 11.8 Å². The number of aromatic hydroxyl groups is 1. The Morgan fingerprint density at radius 2 is 1.70 bits per heavy atom. The van der Waals surface area contributed by atoms with Gasteiger partial charge in [0, 0.05) is 55.6 Å². The molecule has 1 aliphatic heterocycles. The first kappa shape index (κ1) is 31.6. The molecule has 0 saturated carbocycles. The fourth-order valence-electron chi connectivity index (χ4n) is 6.25. The van der Waals surface area contributed by atoms with E-state index in [1.54, 1.807) is 23.1 Å². The van der Waals surface area contributed by atoms with Crippen LogP contribution in [0.25, 0.3) is 11.3 Å². The summed E-state index contributed by atoms with van der Waals surface area (Å²) < 4.78 is 0. The third kappa shape index (κ3) is 6.90. The van der Waals surface area contributed by atoms with E-state index in [9.17, 15) is 14.7 Å². The lowest BCUT2D eigenvalue weighted by atomic mass is 9.89. The molecule has 3 heterocycles. The van der Waals surface area contributed by atoms with Gasteiger partial charge < -0.3 is 30.5 Å². The molecule has 0 saturated heterocycles. The summed E-state index contributed by atoms with van der Waals surface area (Å²) in [7, 11) is 5.91. The Labute approximate surface area is 275 Å². The number of aromatic amines is 1. The van der Waals surface area contributed by atoms with Crippen LogP contribution in [0.4, 0.5) is 11.4 Å². The number of hydrogen-bond donors (Lipinski definition) is 4. The minimum absolute atomic E-state index is 0.01000. The van der Waals surface area contributed by atoms with Crippen LogP contribution in [0.2, 0.25) is 0 Å². The number of carbonyl (C=O) groups excluding carboxylic acids is 2. The molecule has 1 aliphatic rings. The van der Waals surface area contributed by atoms with Crippen molar-refractivity contribution in [3.8, 4) is 17.0 Å². The molecule has 6 rings (SSSR count). The maximum atomic E-state index is 13.4. The number of fused-ring (bicyclic) bond motifs is 1. The normalized spacial score (nSPS) is 14.0. The number of likely N-dealkylation sites (N-methyl/N-ethyl adjacent to an activating group) is 1. The Morgan fingerprint density at radius 3 is 2.43 bits per heavy atom. The van der Waals surface area contributed by atoms with Crippen LogP contribution in [0.1, 0.15) is 56.0 Å². The molecule has 4 N–H and O–H groups in total. The number of hydrogen-bond acceptors (Lipinski definition) is 6. The fraction of sp³-hybridized carbons (Fsp3) is 0.237. The van der Waals surface area contributed by atoms with E-state index in [1.807, 2.05) is 81.9 Å². The SMILES string of the molecule is CN1CCc2[nH]c(-c3ccnc(C(CC(CNC(=O)c4ccccc4O)c4ccccc4)N(C)C)c3)c(Nc3ccccc3)c2C1=O. The molecule has 47 heavy (non-hydrogen) atoms. The van der Waals surface area contributed by atoms with Crippen LogP contribution in [-0.2, 0) is 6.42 Å². The Kier molecular flexibility index (Phi) is 9.35. The van der Waals surface area contributed by atoms with Gasteiger partial charge in [0.05, 0.1) is 34.2 Å². The molecule has 2 atom stereocenters. The maximum Gasteiger partial charge on any atom is 0.257 e. The zero-order valence-corrected chi connectivity index (χ0v) is 26.9. The maximum absolute atomic E-state index is 13.4. The Balaban J connectivity index is 1.33. The van der Waals surface area contributed by atoms with E-state index in [2.05, 4.69) is 38.7 Å². The number of rotatable bonds is 11. The van der Waals surface area contributed by atoms with E-state index >= 15 is 0 Å². The van der Waals surface area contributed by atoms with E-state index in [0.717, 1.165) is 46.0 Å². The van der Waals surface area contributed by atoms with Crippen molar-refractivity contribution >= 4 is 23.2 Å². The number of aromatic nitrogens is 2. The van der Waals surface area contributed by atoms with Crippen LogP contribution >= 0.6 is 0 Å². The number of benzene rings is 3. The molecule has 0 fully saturated rings. The highest BCUT2D eigenvalue weighted by molar-refractivity contribution is 6.06. The van der Waals surface area contributed by atoms with Gasteiger partial charge in [0.15, 0.2) is 0 Å². The number of anilines is 2. The van der Waals surface area contributed by atoms with Gasteiger partial charge in [0.1, 0.15) is 5.75 Å². The lowest BCUT2D eigenvalue weighted by molar-refractivity contribution is 0.0781. The molecular weight excluding hydrogens is 588 g/mol. The minimum atomic E-state index is -0.320. The summed E-state index contributed by atoms with van der Waals surface area (Å²) in [5.74, 6) is -0.414. The van der Waals surface area contributed by atoms with Crippen LogP contribution in [0.3, 0.4) is 0 Å². The van der Waals surface area contributed by atoms with Crippen molar-refractivity contribution in [3.05, 3.63) is 131 Å². The van der Waals surface area contributed by atoms with E-state index < -0.39 is 0 Å². The van der Waals surface area contributed by atoms with E-state index in [4.69, 9.17) is 4.98 Å². The number of phenolic OH excluding ortho intramolecular Hbond substituents is 1. The van der Waals surface area contributed by atoms with Crippen molar-refractivity contribution in [1.29, 1.82) is 0 Å². The number of pyridine rings is 1. The van der Waals surface area contributed by atoms with Gasteiger partial charge in [-0.3, -0.25) is 14.6 Å². The molecule has 2 amide bonds. The molecular formula is C38H40N6O3. The summed E-state index contributed by atoms with van der Waals surface area (Å²) in [6.45, 7) is 1.04. The van der Waals surface area contributed by atoms with Crippen molar-refractivity contribution in [2.24, 2.45) is 0 Å². The molecule has 0 radical (unpaired) electrons. The van der Waals surface area contributed by atoms with E-state index in [0.29, 0.717) is 25.1 Å². The van der Waals surface area contributed by atoms with Crippen LogP contribution < -0.4 is 10.6 Å². The molecule has 2 unspecified atom stereocenters. The number of carbonyl (C=O) groups is 2. The molecule has 3 aromatic carbocycles. The zero-order valence-electron chi connectivity index (χ0n) is 26.9. The Hall–Kier alpha value is -5.41. The average Bonchev–Trinajstić information content (AvgIpc) is 3.46. The highest BCUT2D eigenvalue weighted by Gasteiger charge is 2.31. The quantitative estimate of drug-likeness (QED) is 0.135. The molecule has 0 bridgehead atoms. The molecule has 9 heteroatoms. The first-order chi connectivity index (χ1) is 22.8. The summed E-state index contributed by atoms with van der Waals surface area (Å²) in [6, 6.07) is 30.5. The van der Waals surface area contributed by atoms with Crippen LogP contribution in [-0.4, -0.2) is 70.9 Å². The lowest BCUT2D eigenvalue weighted by Gasteiger charge is -2.29. The zero-order chi connectivity index (χ0) is 32.9. The summed E-state index contributed by atoms with van der Waals surface area (Å²) >= 11 is 0. The molecule has 5 aromatic rings. The van der Waals surface area contributed by atoms with Gasteiger partial charge in [-0.25, -0.2) is 0 Å². The lowest BCUT2D eigenvalue weighted by Crippen LogP contribution is -2.34. The molecule has 240 valence electrons. The van der Waals surface area contributed by atoms with Gasteiger partial charge in [0.2, 0.25) is 0 Å². The summed E-state index contributed by atoms with van der Waals surface area (Å²) in [6.07, 6.45) is 3.23. The standard InChI is InChI=1S/C38H40N6O3/c1-43(2)32(23-27(25-12-6-4-7-13-25)24-40-37(46)29-16-10-11-17-33(29)45)31-22-26(18-20-39-31)35-36(41-28-14-8-5-9-15-28)34-30(42-35)19-21-44(3)38(34)47/h4-18,20,22,27,32,41-42,45H,19,21,23-24H2,1-3H3,(H,40,46). The predicted octanol–water partition coefficient (Wildman–Crippen LogP) is 6.36. The van der Waals surface area contributed by atoms with Crippen molar-refractivity contribution in [2.75, 3.05) is 39.5 Å². The monoisotopic (exact) mass is 628 g/mol. The van der Waals surface area contributed by atoms with Crippen LogP contribution in [0, 0.1) is 0 Å². The number of nitrogens with zero attached hydrogens (tertiary/aromatic N) is 3. The summed E-state index contributed by atoms with van der Waals surface area (Å²) in [5, 5.41) is 16.8. The Bertz CT molecular complexity index is 1850. The van der Waals surface area contributed by atoms with Gasteiger partial charge in [-0.2, -0.15) is 0 Å². The number of para-hydroxylation sites is 2. The molecule has 2 aromatic heterocycles. The van der Waals surface area contributed by atoms with E-state index in [-0.39, 0.29) is 35.1 Å². The largest absolute Gasteiger partial charge is 0.507 e. The van der Waals surface area contributed by atoms with Crippen LogP contribution in [0.15, 0.2) is 103 Å². The van der Waals surface area contributed by atoms with Crippen molar-refractivity contribution in [3.63, 3.8) is 0 Å². The molecule has 0 spiro atoms. The first-order valence-electron chi connectivity index (χ1n) is 15.9. The second-order valence-electron chi connectivity index (χ2n) is 12.2. The van der Waals surface area contributed by atoms with Gasteiger partial charge >= 0.3 is 0 Å². The average molecular weight is 629 g/mol. The first-order valence-corrected chi connectivity index (χ1v) is 15.9. The second-order valence-corrected chi connectivity index (χ2v) is 12.2. The molecule has 9 nitrogen and oxygen atoms in total. The number of amides is 2. The predicted molar refractivity (Wildman–Crippen MR) is 185 cm³/mol. The topological polar surface area (TPSA) is 114 Å². The number of phenols is 1. The van der Waals surface area contributed by atoms with Gasteiger partial charge in [-0.1, -0.05) is 60.7 Å². The second kappa shape index (κ2) is 13.9. The smallest absolute Gasteiger partial charge is 0.257 e.